The SMILES string of the molecule is O=C1C(=O)N(CC2CC3CCC2C3)c2cc(F)c(F)cc21. The normalized spacial score (nSPS) is 30.4. The van der Waals surface area contributed by atoms with Crippen LogP contribution in [0.15, 0.2) is 12.1 Å². The Morgan fingerprint density at radius 1 is 1.10 bits per heavy atom. The maximum atomic E-state index is 13.4. The summed E-state index contributed by atoms with van der Waals surface area (Å²) in [6, 6.07) is 1.81. The summed E-state index contributed by atoms with van der Waals surface area (Å²) in [5, 5.41) is 0. The van der Waals surface area contributed by atoms with E-state index in [1.807, 2.05) is 0 Å². The second-order valence-electron chi connectivity index (χ2n) is 6.46. The van der Waals surface area contributed by atoms with E-state index in [4.69, 9.17) is 0 Å². The van der Waals surface area contributed by atoms with Crippen LogP contribution in [0.25, 0.3) is 0 Å². The van der Waals surface area contributed by atoms with Gasteiger partial charge in [-0.1, -0.05) is 6.42 Å². The smallest absolute Gasteiger partial charge is 0.299 e. The number of ketones is 1. The van der Waals surface area contributed by atoms with E-state index in [1.54, 1.807) is 0 Å². The molecule has 1 amide bonds. The summed E-state index contributed by atoms with van der Waals surface area (Å²) in [6.07, 6.45) is 4.70. The Labute approximate surface area is 120 Å². The zero-order chi connectivity index (χ0) is 14.7. The van der Waals surface area contributed by atoms with E-state index < -0.39 is 23.3 Å². The number of fused-ring (bicyclic) bond motifs is 3. The van der Waals surface area contributed by atoms with Crippen LogP contribution < -0.4 is 4.90 Å². The molecule has 1 aliphatic heterocycles. The van der Waals surface area contributed by atoms with Crippen molar-refractivity contribution >= 4 is 17.4 Å². The molecular formula is C16H15F2NO2. The van der Waals surface area contributed by atoms with Crippen LogP contribution in [-0.2, 0) is 4.79 Å². The van der Waals surface area contributed by atoms with Gasteiger partial charge in [0.05, 0.1) is 11.3 Å². The third-order valence-electron chi connectivity index (χ3n) is 5.32. The van der Waals surface area contributed by atoms with Gasteiger partial charge in [-0.2, -0.15) is 0 Å². The molecule has 2 saturated carbocycles. The zero-order valence-corrected chi connectivity index (χ0v) is 11.4. The van der Waals surface area contributed by atoms with Gasteiger partial charge in [0.15, 0.2) is 11.6 Å². The van der Waals surface area contributed by atoms with Crippen LogP contribution in [-0.4, -0.2) is 18.2 Å². The molecule has 1 aromatic carbocycles. The number of nitrogens with zero attached hydrogens (tertiary/aromatic N) is 1. The number of rotatable bonds is 2. The highest BCUT2D eigenvalue weighted by Crippen LogP contribution is 2.49. The quantitative estimate of drug-likeness (QED) is 0.786. The van der Waals surface area contributed by atoms with Crippen molar-refractivity contribution in [3.8, 4) is 0 Å². The third-order valence-corrected chi connectivity index (χ3v) is 5.32. The molecule has 2 aliphatic carbocycles. The number of benzene rings is 1. The summed E-state index contributed by atoms with van der Waals surface area (Å²) in [5.74, 6) is -1.78. The van der Waals surface area contributed by atoms with E-state index in [0.29, 0.717) is 18.4 Å². The molecule has 5 heteroatoms. The molecule has 1 aromatic rings. The minimum atomic E-state index is -1.09. The molecular weight excluding hydrogens is 276 g/mol. The van der Waals surface area contributed by atoms with Crippen molar-refractivity contribution < 1.29 is 18.4 Å². The van der Waals surface area contributed by atoms with E-state index in [9.17, 15) is 18.4 Å². The lowest BCUT2D eigenvalue weighted by Gasteiger charge is -2.27. The molecule has 3 aliphatic rings. The number of hydrogen-bond acceptors (Lipinski definition) is 2. The summed E-state index contributed by atoms with van der Waals surface area (Å²) in [4.78, 5) is 25.4. The van der Waals surface area contributed by atoms with E-state index in [2.05, 4.69) is 0 Å². The van der Waals surface area contributed by atoms with Gasteiger partial charge in [0, 0.05) is 12.6 Å². The summed E-state index contributed by atoms with van der Waals surface area (Å²) >= 11 is 0. The number of hydrogen-bond donors (Lipinski definition) is 0. The molecule has 110 valence electrons. The standard InChI is InChI=1S/C16H15F2NO2/c17-12-5-11-14(6-13(12)18)19(16(21)15(11)20)7-10-4-8-1-2-9(10)3-8/h5-6,8-10H,1-4,7H2. The second-order valence-corrected chi connectivity index (χ2v) is 6.46. The first-order valence-corrected chi connectivity index (χ1v) is 7.40. The Balaban J connectivity index is 1.66. The highest BCUT2D eigenvalue weighted by Gasteiger charge is 2.44. The fourth-order valence-corrected chi connectivity index (χ4v) is 4.30. The first-order valence-electron chi connectivity index (χ1n) is 7.40. The second kappa shape index (κ2) is 4.36. The van der Waals surface area contributed by atoms with Crippen LogP contribution >= 0.6 is 0 Å². The molecule has 3 unspecified atom stereocenters. The fourth-order valence-electron chi connectivity index (χ4n) is 4.30. The monoisotopic (exact) mass is 291 g/mol. The molecule has 1 heterocycles. The fraction of sp³-hybridized carbons (Fsp3) is 0.500. The maximum Gasteiger partial charge on any atom is 0.299 e. The third kappa shape index (κ3) is 1.83. The molecule has 0 N–H and O–H groups in total. The van der Waals surface area contributed by atoms with E-state index in [0.717, 1.165) is 24.5 Å². The molecule has 21 heavy (non-hydrogen) atoms. The largest absolute Gasteiger partial charge is 0.304 e. The maximum absolute atomic E-state index is 13.4. The van der Waals surface area contributed by atoms with Crippen molar-refractivity contribution in [1.82, 2.24) is 0 Å². The van der Waals surface area contributed by atoms with Gasteiger partial charge in [-0.15, -0.1) is 0 Å². The number of carbonyl (C=O) groups excluding carboxylic acids is 2. The summed E-state index contributed by atoms with van der Waals surface area (Å²) in [5.41, 5.74) is 0.216. The van der Waals surface area contributed by atoms with Crippen molar-refractivity contribution in [2.45, 2.75) is 25.7 Å². The van der Waals surface area contributed by atoms with Crippen LogP contribution in [0, 0.1) is 29.4 Å². The minimum absolute atomic E-state index is 0.0120. The summed E-state index contributed by atoms with van der Waals surface area (Å²) in [7, 11) is 0. The predicted molar refractivity (Wildman–Crippen MR) is 72.0 cm³/mol. The average molecular weight is 291 g/mol. The predicted octanol–water partition coefficient (Wildman–Crippen LogP) is 2.93. The summed E-state index contributed by atoms with van der Waals surface area (Å²) < 4.78 is 26.7. The number of anilines is 1. The van der Waals surface area contributed by atoms with Crippen molar-refractivity contribution in [2.75, 3.05) is 11.4 Å². The van der Waals surface area contributed by atoms with Crippen molar-refractivity contribution in [3.05, 3.63) is 29.3 Å². The Morgan fingerprint density at radius 2 is 1.86 bits per heavy atom. The van der Waals surface area contributed by atoms with E-state index in [1.165, 1.54) is 24.2 Å². The lowest BCUT2D eigenvalue weighted by Crippen LogP contribution is -2.36. The van der Waals surface area contributed by atoms with Gasteiger partial charge in [-0.05, 0) is 43.1 Å². The number of amides is 1. The molecule has 0 aromatic heterocycles. The van der Waals surface area contributed by atoms with Crippen LogP contribution in [0.3, 0.4) is 0 Å². The lowest BCUT2D eigenvalue weighted by molar-refractivity contribution is -0.114. The zero-order valence-electron chi connectivity index (χ0n) is 11.4. The van der Waals surface area contributed by atoms with Crippen LogP contribution in [0.1, 0.15) is 36.0 Å². The van der Waals surface area contributed by atoms with Crippen molar-refractivity contribution in [3.63, 3.8) is 0 Å². The highest BCUT2D eigenvalue weighted by atomic mass is 19.2. The molecule has 2 fully saturated rings. The minimum Gasteiger partial charge on any atom is -0.304 e. The molecule has 4 rings (SSSR count). The number of halogens is 2. The van der Waals surface area contributed by atoms with Gasteiger partial charge in [0.2, 0.25) is 0 Å². The van der Waals surface area contributed by atoms with Crippen LogP contribution in [0.5, 0.6) is 0 Å². The van der Waals surface area contributed by atoms with Crippen LogP contribution in [0.4, 0.5) is 14.5 Å². The Morgan fingerprint density at radius 3 is 2.52 bits per heavy atom. The van der Waals surface area contributed by atoms with E-state index >= 15 is 0 Å². The van der Waals surface area contributed by atoms with E-state index in [-0.39, 0.29) is 11.3 Å². The van der Waals surface area contributed by atoms with Crippen molar-refractivity contribution in [2.24, 2.45) is 17.8 Å². The number of Topliss-reactive ketones (excluding diaryl/α,β-unsaturated/α-hetero) is 1. The number of carbonyl (C=O) groups is 2. The Bertz CT molecular complexity index is 658. The Kier molecular flexibility index (Phi) is 2.68. The van der Waals surface area contributed by atoms with Gasteiger partial charge >= 0.3 is 0 Å². The molecule has 0 radical (unpaired) electrons. The molecule has 0 spiro atoms. The van der Waals surface area contributed by atoms with Gasteiger partial charge in [-0.3, -0.25) is 9.59 Å². The lowest BCUT2D eigenvalue weighted by atomic mass is 9.88. The molecule has 2 bridgehead atoms. The average Bonchev–Trinajstić information content (AvgIpc) is 3.12. The molecule has 3 atom stereocenters. The van der Waals surface area contributed by atoms with Gasteiger partial charge in [0.25, 0.3) is 11.7 Å². The first kappa shape index (κ1) is 12.9. The topological polar surface area (TPSA) is 37.4 Å². The van der Waals surface area contributed by atoms with Gasteiger partial charge in [-0.25, -0.2) is 8.78 Å². The highest BCUT2D eigenvalue weighted by molar-refractivity contribution is 6.52. The summed E-state index contributed by atoms with van der Waals surface area (Å²) in [6.45, 7) is 0.448. The molecule has 3 nitrogen and oxygen atoms in total. The van der Waals surface area contributed by atoms with Crippen molar-refractivity contribution in [1.29, 1.82) is 0 Å². The van der Waals surface area contributed by atoms with Gasteiger partial charge < -0.3 is 4.90 Å². The van der Waals surface area contributed by atoms with Gasteiger partial charge in [0.1, 0.15) is 0 Å². The van der Waals surface area contributed by atoms with Crippen LogP contribution in [0.2, 0.25) is 0 Å². The first-order chi connectivity index (χ1) is 10.0. The molecule has 0 saturated heterocycles. The Hall–Kier alpha value is -1.78.